The second-order valence-corrected chi connectivity index (χ2v) is 6.82. The number of nitrogens with zero attached hydrogens (tertiary/aromatic N) is 4. The summed E-state index contributed by atoms with van der Waals surface area (Å²) in [4.78, 5) is 36.7. The second kappa shape index (κ2) is 6.40. The Hall–Kier alpha value is -2.54. The molecular formula is C18H21N5O2. The van der Waals surface area contributed by atoms with Gasteiger partial charge in [-0.05, 0) is 38.1 Å². The van der Waals surface area contributed by atoms with E-state index < -0.39 is 0 Å². The van der Waals surface area contributed by atoms with Crippen LogP contribution in [0.4, 0.5) is 0 Å². The van der Waals surface area contributed by atoms with E-state index in [9.17, 15) is 9.59 Å². The number of aromatic nitrogens is 2. The van der Waals surface area contributed by atoms with Crippen molar-refractivity contribution in [2.75, 3.05) is 26.2 Å². The van der Waals surface area contributed by atoms with Crippen LogP contribution in [0, 0.1) is 5.92 Å². The van der Waals surface area contributed by atoms with Gasteiger partial charge in [0.15, 0.2) is 0 Å². The van der Waals surface area contributed by atoms with Crippen molar-refractivity contribution in [3.8, 4) is 0 Å². The van der Waals surface area contributed by atoms with Gasteiger partial charge in [0.1, 0.15) is 5.69 Å². The van der Waals surface area contributed by atoms with Crippen LogP contribution in [0.2, 0.25) is 0 Å². The third kappa shape index (κ3) is 3.07. The fraction of sp³-hybridized carbons (Fsp3) is 0.444. The fourth-order valence-electron chi connectivity index (χ4n) is 3.62. The number of fused-ring (bicyclic) bond motifs is 1. The first-order valence-corrected chi connectivity index (χ1v) is 8.66. The summed E-state index contributed by atoms with van der Waals surface area (Å²) in [6, 6.07) is 7.90. The summed E-state index contributed by atoms with van der Waals surface area (Å²) in [5.41, 5.74) is 7.30. The molecule has 3 heterocycles. The lowest BCUT2D eigenvalue weighted by Crippen LogP contribution is -2.62. The monoisotopic (exact) mass is 339 g/mol. The maximum atomic E-state index is 12.6. The molecule has 0 atom stereocenters. The Morgan fingerprint density at radius 1 is 1.08 bits per heavy atom. The summed E-state index contributed by atoms with van der Waals surface area (Å²) in [5, 5.41) is 0. The lowest BCUT2D eigenvalue weighted by Gasteiger charge is -2.47. The first-order chi connectivity index (χ1) is 12.1. The number of primary amides is 1. The molecule has 0 bridgehead atoms. The van der Waals surface area contributed by atoms with Gasteiger partial charge in [0.05, 0.1) is 17.2 Å². The largest absolute Gasteiger partial charge is 0.369 e. The van der Waals surface area contributed by atoms with Crippen LogP contribution in [0.25, 0.3) is 11.0 Å². The van der Waals surface area contributed by atoms with Crippen LogP contribution in [0.15, 0.2) is 30.5 Å². The summed E-state index contributed by atoms with van der Waals surface area (Å²) in [5.74, 6) is -0.261. The molecule has 2 aliphatic heterocycles. The van der Waals surface area contributed by atoms with E-state index in [1.54, 1.807) is 6.20 Å². The van der Waals surface area contributed by atoms with E-state index in [1.165, 1.54) is 0 Å². The first-order valence-electron chi connectivity index (χ1n) is 8.66. The number of likely N-dealkylation sites (tertiary alicyclic amines) is 2. The molecule has 25 heavy (non-hydrogen) atoms. The van der Waals surface area contributed by atoms with Crippen LogP contribution in [0.5, 0.6) is 0 Å². The molecule has 7 nitrogen and oxygen atoms in total. The van der Waals surface area contributed by atoms with Crippen LogP contribution in [-0.2, 0) is 4.79 Å². The van der Waals surface area contributed by atoms with Gasteiger partial charge >= 0.3 is 0 Å². The normalized spacial score (nSPS) is 19.8. The smallest absolute Gasteiger partial charge is 0.274 e. The number of benzene rings is 1. The molecule has 130 valence electrons. The molecule has 0 unspecified atom stereocenters. The summed E-state index contributed by atoms with van der Waals surface area (Å²) in [7, 11) is 0. The Labute approximate surface area is 145 Å². The molecule has 4 rings (SSSR count). The number of hydrogen-bond donors (Lipinski definition) is 1. The second-order valence-electron chi connectivity index (χ2n) is 6.82. The van der Waals surface area contributed by atoms with Gasteiger partial charge < -0.3 is 10.6 Å². The zero-order chi connectivity index (χ0) is 17.4. The van der Waals surface area contributed by atoms with Gasteiger partial charge in [0.2, 0.25) is 5.91 Å². The molecule has 0 aliphatic carbocycles. The Balaban J connectivity index is 1.35. The zero-order valence-corrected chi connectivity index (χ0v) is 14.0. The van der Waals surface area contributed by atoms with Crippen LogP contribution in [0.3, 0.4) is 0 Å². The fourth-order valence-corrected chi connectivity index (χ4v) is 3.62. The number of amides is 2. The molecular weight excluding hydrogens is 318 g/mol. The average Bonchev–Trinajstić information content (AvgIpc) is 2.60. The summed E-state index contributed by atoms with van der Waals surface area (Å²) >= 11 is 0. The molecule has 2 aromatic rings. The van der Waals surface area contributed by atoms with Gasteiger partial charge in [-0.25, -0.2) is 4.98 Å². The number of nitrogens with two attached hydrogens (primary N) is 1. The summed E-state index contributed by atoms with van der Waals surface area (Å²) < 4.78 is 0. The maximum absolute atomic E-state index is 12.6. The number of rotatable bonds is 3. The first kappa shape index (κ1) is 16.0. The van der Waals surface area contributed by atoms with E-state index in [0.29, 0.717) is 24.8 Å². The predicted molar refractivity (Wildman–Crippen MR) is 92.7 cm³/mol. The average molecular weight is 339 g/mol. The quantitative estimate of drug-likeness (QED) is 0.886. The molecule has 2 amide bonds. The Kier molecular flexibility index (Phi) is 4.09. The van der Waals surface area contributed by atoms with Crippen molar-refractivity contribution in [3.63, 3.8) is 0 Å². The standard InChI is InChI=1S/C18H21N5O2/c19-17(24)12-5-7-22(8-6-12)13-10-23(11-13)18(25)16-9-20-14-3-1-2-4-15(14)21-16/h1-4,9,12-13H,5-8,10-11H2,(H2,19,24). The predicted octanol–water partition coefficient (Wildman–Crippen LogP) is 0.652. The minimum atomic E-state index is -0.194. The number of piperidine rings is 1. The lowest BCUT2D eigenvalue weighted by molar-refractivity contribution is -0.123. The molecule has 2 fully saturated rings. The topological polar surface area (TPSA) is 92.4 Å². The van der Waals surface area contributed by atoms with E-state index in [2.05, 4.69) is 14.9 Å². The summed E-state index contributed by atoms with van der Waals surface area (Å²) in [6.07, 6.45) is 3.18. The van der Waals surface area contributed by atoms with Gasteiger partial charge in [-0.2, -0.15) is 0 Å². The van der Waals surface area contributed by atoms with Crippen molar-refractivity contribution in [2.24, 2.45) is 11.7 Å². The number of para-hydroxylation sites is 2. The van der Waals surface area contributed by atoms with Crippen molar-refractivity contribution in [1.29, 1.82) is 0 Å². The lowest BCUT2D eigenvalue weighted by atomic mass is 9.93. The highest BCUT2D eigenvalue weighted by Crippen LogP contribution is 2.24. The molecule has 2 aliphatic rings. The Bertz CT molecular complexity index is 810. The Morgan fingerprint density at radius 3 is 2.44 bits per heavy atom. The highest BCUT2D eigenvalue weighted by molar-refractivity contribution is 5.94. The van der Waals surface area contributed by atoms with E-state index in [1.807, 2.05) is 29.2 Å². The van der Waals surface area contributed by atoms with E-state index in [-0.39, 0.29) is 17.7 Å². The van der Waals surface area contributed by atoms with Crippen LogP contribution >= 0.6 is 0 Å². The van der Waals surface area contributed by atoms with Crippen LogP contribution < -0.4 is 5.73 Å². The van der Waals surface area contributed by atoms with E-state index in [0.717, 1.165) is 37.0 Å². The van der Waals surface area contributed by atoms with Crippen LogP contribution in [-0.4, -0.2) is 63.8 Å². The van der Waals surface area contributed by atoms with Gasteiger partial charge in [0, 0.05) is 25.0 Å². The Morgan fingerprint density at radius 2 is 1.76 bits per heavy atom. The third-order valence-corrected chi connectivity index (χ3v) is 5.27. The molecule has 0 radical (unpaired) electrons. The van der Waals surface area contributed by atoms with E-state index >= 15 is 0 Å². The molecule has 1 aromatic carbocycles. The number of hydrogen-bond acceptors (Lipinski definition) is 5. The van der Waals surface area contributed by atoms with Gasteiger partial charge in [-0.1, -0.05) is 12.1 Å². The van der Waals surface area contributed by atoms with Crippen molar-refractivity contribution in [3.05, 3.63) is 36.2 Å². The minimum absolute atomic E-state index is 0.00179. The van der Waals surface area contributed by atoms with Crippen LogP contribution in [0.1, 0.15) is 23.3 Å². The molecule has 0 saturated carbocycles. The molecule has 2 N–H and O–H groups in total. The number of carbonyl (C=O) groups is 2. The maximum Gasteiger partial charge on any atom is 0.274 e. The minimum Gasteiger partial charge on any atom is -0.369 e. The van der Waals surface area contributed by atoms with Crippen molar-refractivity contribution in [1.82, 2.24) is 19.8 Å². The molecule has 2 saturated heterocycles. The van der Waals surface area contributed by atoms with Crippen molar-refractivity contribution >= 4 is 22.8 Å². The highest BCUT2D eigenvalue weighted by Gasteiger charge is 2.37. The van der Waals surface area contributed by atoms with Gasteiger partial charge in [-0.15, -0.1) is 0 Å². The molecule has 0 spiro atoms. The van der Waals surface area contributed by atoms with Crippen molar-refractivity contribution in [2.45, 2.75) is 18.9 Å². The summed E-state index contributed by atoms with van der Waals surface area (Å²) in [6.45, 7) is 3.15. The molecule has 1 aromatic heterocycles. The number of carbonyl (C=O) groups excluding carboxylic acids is 2. The molecule has 7 heteroatoms. The zero-order valence-electron chi connectivity index (χ0n) is 14.0. The van der Waals surface area contributed by atoms with Crippen molar-refractivity contribution < 1.29 is 9.59 Å². The SMILES string of the molecule is NC(=O)C1CCN(C2CN(C(=O)c3cnc4ccccc4n3)C2)CC1. The third-order valence-electron chi connectivity index (χ3n) is 5.27. The van der Waals surface area contributed by atoms with E-state index in [4.69, 9.17) is 5.73 Å². The highest BCUT2D eigenvalue weighted by atomic mass is 16.2. The van der Waals surface area contributed by atoms with Gasteiger partial charge in [0.25, 0.3) is 5.91 Å². The van der Waals surface area contributed by atoms with Gasteiger partial charge in [-0.3, -0.25) is 19.5 Å².